The third-order valence-electron chi connectivity index (χ3n) is 2.83. The predicted molar refractivity (Wildman–Crippen MR) is 72.6 cm³/mol. The van der Waals surface area contributed by atoms with Crippen molar-refractivity contribution >= 4 is 11.9 Å². The van der Waals surface area contributed by atoms with Crippen molar-refractivity contribution in [2.45, 2.75) is 38.3 Å². The summed E-state index contributed by atoms with van der Waals surface area (Å²) in [7, 11) is 0. The molecule has 5 nitrogen and oxygen atoms in total. The molecule has 0 unspecified atom stereocenters. The Balaban J connectivity index is 2.54. The van der Waals surface area contributed by atoms with Gasteiger partial charge in [0.15, 0.2) is 0 Å². The molecule has 0 saturated heterocycles. The van der Waals surface area contributed by atoms with Crippen LogP contribution in [0.15, 0.2) is 30.3 Å². The van der Waals surface area contributed by atoms with E-state index in [9.17, 15) is 9.59 Å². The number of hydrogen-bond donors (Lipinski definition) is 3. The molecule has 104 valence electrons. The SMILES string of the molecule is CCC[C@@H](NC(=O)[C@H](N)Cc1ccccc1)C(=O)O. The number of carbonyl (C=O) groups excluding carboxylic acids is 1. The van der Waals surface area contributed by atoms with Gasteiger partial charge in [-0.1, -0.05) is 43.7 Å². The zero-order chi connectivity index (χ0) is 14.3. The Kier molecular flexibility index (Phi) is 6.02. The van der Waals surface area contributed by atoms with E-state index in [0.717, 1.165) is 5.56 Å². The molecule has 0 fully saturated rings. The van der Waals surface area contributed by atoms with Gasteiger partial charge in [-0.05, 0) is 18.4 Å². The predicted octanol–water partition coefficient (Wildman–Crippen LogP) is 0.926. The van der Waals surface area contributed by atoms with E-state index < -0.39 is 24.0 Å². The summed E-state index contributed by atoms with van der Waals surface area (Å²) in [5.41, 5.74) is 6.74. The van der Waals surface area contributed by atoms with E-state index in [-0.39, 0.29) is 0 Å². The molecule has 0 aliphatic carbocycles. The first-order valence-corrected chi connectivity index (χ1v) is 6.37. The third kappa shape index (κ3) is 5.09. The van der Waals surface area contributed by atoms with Gasteiger partial charge >= 0.3 is 5.97 Å². The molecule has 1 aromatic rings. The lowest BCUT2D eigenvalue weighted by molar-refractivity contribution is -0.142. The molecule has 0 aliphatic rings. The quantitative estimate of drug-likeness (QED) is 0.683. The van der Waals surface area contributed by atoms with Gasteiger partial charge in [-0.15, -0.1) is 0 Å². The number of carboxylic acids is 1. The van der Waals surface area contributed by atoms with Gasteiger partial charge in [-0.2, -0.15) is 0 Å². The highest BCUT2D eigenvalue weighted by Crippen LogP contribution is 2.03. The van der Waals surface area contributed by atoms with Gasteiger partial charge in [0.1, 0.15) is 6.04 Å². The van der Waals surface area contributed by atoms with Gasteiger partial charge in [0.2, 0.25) is 5.91 Å². The van der Waals surface area contributed by atoms with E-state index in [0.29, 0.717) is 19.3 Å². The number of carbonyl (C=O) groups is 2. The number of carboxylic acid groups (broad SMARTS) is 1. The minimum absolute atomic E-state index is 0.394. The molecule has 1 aromatic carbocycles. The Morgan fingerprint density at radius 2 is 1.95 bits per heavy atom. The smallest absolute Gasteiger partial charge is 0.326 e. The number of nitrogens with one attached hydrogen (secondary N) is 1. The summed E-state index contributed by atoms with van der Waals surface area (Å²) < 4.78 is 0. The van der Waals surface area contributed by atoms with Crippen molar-refractivity contribution < 1.29 is 14.7 Å². The maximum absolute atomic E-state index is 11.8. The molecule has 4 N–H and O–H groups in total. The van der Waals surface area contributed by atoms with Crippen LogP contribution in [0.5, 0.6) is 0 Å². The third-order valence-corrected chi connectivity index (χ3v) is 2.83. The lowest BCUT2D eigenvalue weighted by Gasteiger charge is -2.17. The first-order chi connectivity index (χ1) is 9.04. The molecule has 0 heterocycles. The maximum atomic E-state index is 11.8. The Bertz CT molecular complexity index is 420. The topological polar surface area (TPSA) is 92.4 Å². The van der Waals surface area contributed by atoms with E-state index >= 15 is 0 Å². The van der Waals surface area contributed by atoms with E-state index in [2.05, 4.69) is 5.32 Å². The molecule has 0 spiro atoms. The van der Waals surface area contributed by atoms with Crippen LogP contribution in [0.3, 0.4) is 0 Å². The largest absolute Gasteiger partial charge is 0.480 e. The second-order valence-corrected chi connectivity index (χ2v) is 4.48. The minimum atomic E-state index is -1.03. The number of hydrogen-bond acceptors (Lipinski definition) is 3. The second kappa shape index (κ2) is 7.53. The average molecular weight is 264 g/mol. The summed E-state index contributed by atoms with van der Waals surface area (Å²) in [4.78, 5) is 22.8. The summed E-state index contributed by atoms with van der Waals surface area (Å²) in [6, 6.07) is 7.80. The molecule has 1 amide bonds. The maximum Gasteiger partial charge on any atom is 0.326 e. The van der Waals surface area contributed by atoms with Crippen molar-refractivity contribution in [2.75, 3.05) is 0 Å². The zero-order valence-corrected chi connectivity index (χ0v) is 11.0. The van der Waals surface area contributed by atoms with Gasteiger partial charge < -0.3 is 16.2 Å². The number of rotatable bonds is 7. The first-order valence-electron chi connectivity index (χ1n) is 6.37. The first kappa shape index (κ1) is 15.2. The molecule has 0 bridgehead atoms. The molecule has 0 radical (unpaired) electrons. The van der Waals surface area contributed by atoms with Gasteiger partial charge in [0, 0.05) is 0 Å². The Labute approximate surface area is 112 Å². The number of nitrogens with two attached hydrogens (primary N) is 1. The van der Waals surface area contributed by atoms with Crippen LogP contribution in [-0.4, -0.2) is 29.1 Å². The normalized spacial score (nSPS) is 13.6. The van der Waals surface area contributed by atoms with Crippen LogP contribution in [0.25, 0.3) is 0 Å². The van der Waals surface area contributed by atoms with Crippen LogP contribution in [0.4, 0.5) is 0 Å². The minimum Gasteiger partial charge on any atom is -0.480 e. The van der Waals surface area contributed by atoms with Crippen LogP contribution in [-0.2, 0) is 16.0 Å². The van der Waals surface area contributed by atoms with Crippen LogP contribution in [0.2, 0.25) is 0 Å². The van der Waals surface area contributed by atoms with Crippen LogP contribution in [0.1, 0.15) is 25.3 Å². The van der Waals surface area contributed by atoms with Gasteiger partial charge in [0.25, 0.3) is 0 Å². The fourth-order valence-electron chi connectivity index (χ4n) is 1.79. The number of benzene rings is 1. The number of amides is 1. The molecule has 19 heavy (non-hydrogen) atoms. The van der Waals surface area contributed by atoms with E-state index in [1.165, 1.54) is 0 Å². The van der Waals surface area contributed by atoms with Crippen molar-refractivity contribution in [1.29, 1.82) is 0 Å². The van der Waals surface area contributed by atoms with Gasteiger partial charge in [-0.3, -0.25) is 4.79 Å². The van der Waals surface area contributed by atoms with E-state index in [1.54, 1.807) is 0 Å². The van der Waals surface area contributed by atoms with Crippen molar-refractivity contribution in [1.82, 2.24) is 5.32 Å². The molecular formula is C14H20N2O3. The van der Waals surface area contributed by atoms with Gasteiger partial charge in [-0.25, -0.2) is 4.79 Å². The summed E-state index contributed by atoms with van der Waals surface area (Å²) in [5.74, 6) is -1.45. The van der Waals surface area contributed by atoms with Crippen molar-refractivity contribution in [3.8, 4) is 0 Å². The molecule has 0 aromatic heterocycles. The summed E-state index contributed by atoms with van der Waals surface area (Å²) in [6.45, 7) is 1.87. The average Bonchev–Trinajstić information content (AvgIpc) is 2.39. The molecule has 0 saturated carbocycles. The summed E-state index contributed by atoms with van der Waals surface area (Å²) in [6.07, 6.45) is 1.48. The fraction of sp³-hybridized carbons (Fsp3) is 0.429. The van der Waals surface area contributed by atoms with Crippen LogP contribution in [0, 0.1) is 0 Å². The Morgan fingerprint density at radius 1 is 1.32 bits per heavy atom. The zero-order valence-electron chi connectivity index (χ0n) is 11.0. The van der Waals surface area contributed by atoms with E-state index in [1.807, 2.05) is 37.3 Å². The van der Waals surface area contributed by atoms with Crippen molar-refractivity contribution in [3.63, 3.8) is 0 Å². The molecule has 2 atom stereocenters. The molecular weight excluding hydrogens is 244 g/mol. The highest BCUT2D eigenvalue weighted by atomic mass is 16.4. The van der Waals surface area contributed by atoms with Crippen molar-refractivity contribution in [2.24, 2.45) is 5.73 Å². The van der Waals surface area contributed by atoms with Crippen molar-refractivity contribution in [3.05, 3.63) is 35.9 Å². The monoisotopic (exact) mass is 264 g/mol. The number of aliphatic carboxylic acids is 1. The van der Waals surface area contributed by atoms with Gasteiger partial charge in [0.05, 0.1) is 6.04 Å². The Morgan fingerprint density at radius 3 is 2.47 bits per heavy atom. The summed E-state index contributed by atoms with van der Waals surface area (Å²) in [5, 5.41) is 11.4. The van der Waals surface area contributed by atoms with Crippen LogP contribution >= 0.6 is 0 Å². The van der Waals surface area contributed by atoms with E-state index in [4.69, 9.17) is 10.8 Å². The summed E-state index contributed by atoms with van der Waals surface area (Å²) >= 11 is 0. The lowest BCUT2D eigenvalue weighted by Crippen LogP contribution is -2.49. The standard InChI is InChI=1S/C14H20N2O3/c1-2-6-12(14(18)19)16-13(17)11(15)9-10-7-4-3-5-8-10/h3-5,7-8,11-12H,2,6,9,15H2,1H3,(H,16,17)(H,18,19)/t11-,12-/m1/s1. The second-order valence-electron chi connectivity index (χ2n) is 4.48. The van der Waals surface area contributed by atoms with Crippen LogP contribution < -0.4 is 11.1 Å². The fourth-order valence-corrected chi connectivity index (χ4v) is 1.79. The molecule has 1 rings (SSSR count). The highest BCUT2D eigenvalue weighted by molar-refractivity contribution is 5.86. The molecule has 5 heteroatoms. The Hall–Kier alpha value is -1.88. The molecule has 0 aliphatic heterocycles. The highest BCUT2D eigenvalue weighted by Gasteiger charge is 2.22. The lowest BCUT2D eigenvalue weighted by atomic mass is 10.1.